The highest BCUT2D eigenvalue weighted by atomic mass is 32.1. The number of carbonyl (C=O) groups is 1. The van der Waals surface area contributed by atoms with Crippen LogP contribution in [0.1, 0.15) is 15.2 Å². The van der Waals surface area contributed by atoms with E-state index in [1.165, 1.54) is 11.3 Å². The third kappa shape index (κ3) is 3.17. The Hall–Kier alpha value is -2.21. The van der Waals surface area contributed by atoms with E-state index in [1.807, 2.05) is 24.3 Å². The molecule has 0 saturated heterocycles. The molecule has 0 aliphatic rings. The topological polar surface area (TPSA) is 84.6 Å². The van der Waals surface area contributed by atoms with Crippen LogP contribution < -0.4 is 15.8 Å². The molecule has 1 heterocycles. The van der Waals surface area contributed by atoms with E-state index in [-0.39, 0.29) is 5.56 Å². The van der Waals surface area contributed by atoms with Crippen LogP contribution in [0.15, 0.2) is 30.3 Å². The Kier molecular flexibility index (Phi) is 3.91. The first-order chi connectivity index (χ1) is 9.10. The van der Waals surface area contributed by atoms with Crippen molar-refractivity contribution in [2.24, 2.45) is 0 Å². The van der Waals surface area contributed by atoms with Crippen LogP contribution in [-0.4, -0.2) is 18.2 Å². The predicted molar refractivity (Wildman–Crippen MR) is 76.0 cm³/mol. The summed E-state index contributed by atoms with van der Waals surface area (Å²) >= 11 is 1.28. The average molecular weight is 278 g/mol. The predicted octanol–water partition coefficient (Wildman–Crippen LogP) is 2.65. The second-order valence-corrected chi connectivity index (χ2v) is 5.05. The Morgan fingerprint density at radius 2 is 2.11 bits per heavy atom. The van der Waals surface area contributed by atoms with Crippen molar-refractivity contribution in [1.82, 2.24) is 0 Å². The zero-order valence-corrected chi connectivity index (χ0v) is 11.2. The van der Waals surface area contributed by atoms with E-state index in [1.54, 1.807) is 13.2 Å². The molecule has 1 aromatic carbocycles. The Balaban J connectivity index is 2.01. The molecule has 19 heavy (non-hydrogen) atoms. The van der Waals surface area contributed by atoms with Gasteiger partial charge in [0, 0.05) is 17.1 Å². The number of nitrogen functional groups attached to an aromatic ring is 1. The third-order valence-corrected chi connectivity index (χ3v) is 3.56. The first kappa shape index (κ1) is 13.2. The molecule has 2 rings (SSSR count). The quantitative estimate of drug-likeness (QED) is 0.783. The number of rotatable bonds is 5. The Bertz CT molecular complexity index is 578. The molecule has 4 N–H and O–H groups in total. The Morgan fingerprint density at radius 3 is 2.63 bits per heavy atom. The number of aromatic carboxylic acids is 1. The fraction of sp³-hybridized carbons (Fsp3) is 0.154. The van der Waals surface area contributed by atoms with Gasteiger partial charge in [-0.25, -0.2) is 4.79 Å². The third-order valence-electron chi connectivity index (χ3n) is 2.60. The molecule has 0 amide bonds. The second-order valence-electron chi connectivity index (χ2n) is 3.88. The largest absolute Gasteiger partial charge is 0.497 e. The number of carboxylic acids is 1. The van der Waals surface area contributed by atoms with Gasteiger partial charge in [-0.05, 0) is 30.3 Å². The summed E-state index contributed by atoms with van der Waals surface area (Å²) in [6.07, 6.45) is 0. The maximum atomic E-state index is 10.9. The SMILES string of the molecule is COc1ccc(NCc2cc(C(=O)O)c(N)s2)cc1. The molecule has 1 aromatic heterocycles. The van der Waals surface area contributed by atoms with E-state index in [4.69, 9.17) is 15.6 Å². The zero-order chi connectivity index (χ0) is 13.8. The smallest absolute Gasteiger partial charge is 0.338 e. The number of methoxy groups -OCH3 is 1. The number of ether oxygens (including phenoxy) is 1. The van der Waals surface area contributed by atoms with Gasteiger partial charge in [-0.3, -0.25) is 0 Å². The number of nitrogens with one attached hydrogen (secondary N) is 1. The highest BCUT2D eigenvalue weighted by Crippen LogP contribution is 2.26. The van der Waals surface area contributed by atoms with E-state index >= 15 is 0 Å². The number of carboxylic acid groups (broad SMARTS) is 1. The molecular formula is C13H14N2O3S. The summed E-state index contributed by atoms with van der Waals surface area (Å²) in [4.78, 5) is 11.8. The van der Waals surface area contributed by atoms with E-state index in [0.29, 0.717) is 11.5 Å². The summed E-state index contributed by atoms with van der Waals surface area (Å²) in [5.74, 6) is -0.205. The molecule has 0 aliphatic heterocycles. The maximum Gasteiger partial charge on any atom is 0.338 e. The van der Waals surface area contributed by atoms with Crippen LogP contribution in [-0.2, 0) is 6.54 Å². The fourth-order valence-corrected chi connectivity index (χ4v) is 2.47. The number of anilines is 2. The molecule has 0 fully saturated rings. The van der Waals surface area contributed by atoms with Gasteiger partial charge < -0.3 is 20.9 Å². The highest BCUT2D eigenvalue weighted by Gasteiger charge is 2.12. The van der Waals surface area contributed by atoms with Crippen LogP contribution in [0.5, 0.6) is 5.75 Å². The summed E-state index contributed by atoms with van der Waals surface area (Å²) in [7, 11) is 1.62. The van der Waals surface area contributed by atoms with Gasteiger partial charge in [0.1, 0.15) is 10.8 Å². The van der Waals surface area contributed by atoms with Crippen LogP contribution in [0.4, 0.5) is 10.7 Å². The van der Waals surface area contributed by atoms with Gasteiger partial charge in [-0.1, -0.05) is 0 Å². The number of hydrogen-bond donors (Lipinski definition) is 3. The van der Waals surface area contributed by atoms with Crippen LogP contribution in [0, 0.1) is 0 Å². The van der Waals surface area contributed by atoms with E-state index in [0.717, 1.165) is 16.3 Å². The summed E-state index contributed by atoms with van der Waals surface area (Å²) in [5, 5.41) is 12.4. The van der Waals surface area contributed by atoms with Crippen molar-refractivity contribution in [1.29, 1.82) is 0 Å². The van der Waals surface area contributed by atoms with Crippen molar-refractivity contribution in [3.63, 3.8) is 0 Å². The van der Waals surface area contributed by atoms with Crippen LogP contribution >= 0.6 is 11.3 Å². The average Bonchev–Trinajstić information content (AvgIpc) is 2.78. The summed E-state index contributed by atoms with van der Waals surface area (Å²) in [6, 6.07) is 9.10. The first-order valence-corrected chi connectivity index (χ1v) is 6.41. The number of benzene rings is 1. The van der Waals surface area contributed by atoms with Gasteiger partial charge in [0.25, 0.3) is 0 Å². The molecule has 0 spiro atoms. The van der Waals surface area contributed by atoms with Gasteiger partial charge in [-0.2, -0.15) is 0 Å². The molecule has 6 heteroatoms. The lowest BCUT2D eigenvalue weighted by molar-refractivity contribution is 0.0698. The van der Waals surface area contributed by atoms with Gasteiger partial charge >= 0.3 is 5.97 Å². The van der Waals surface area contributed by atoms with Gasteiger partial charge in [0.05, 0.1) is 12.7 Å². The van der Waals surface area contributed by atoms with E-state index < -0.39 is 5.97 Å². The van der Waals surface area contributed by atoms with Crippen molar-refractivity contribution in [2.45, 2.75) is 6.54 Å². The van der Waals surface area contributed by atoms with Gasteiger partial charge in [-0.15, -0.1) is 11.3 Å². The summed E-state index contributed by atoms with van der Waals surface area (Å²) < 4.78 is 5.07. The lowest BCUT2D eigenvalue weighted by Gasteiger charge is -2.05. The minimum absolute atomic E-state index is 0.163. The van der Waals surface area contributed by atoms with Crippen molar-refractivity contribution in [3.05, 3.63) is 40.8 Å². The molecule has 0 aliphatic carbocycles. The zero-order valence-electron chi connectivity index (χ0n) is 10.3. The van der Waals surface area contributed by atoms with E-state index in [9.17, 15) is 4.79 Å². The van der Waals surface area contributed by atoms with Gasteiger partial charge in [0.15, 0.2) is 0 Å². The fourth-order valence-electron chi connectivity index (χ4n) is 1.61. The Morgan fingerprint density at radius 1 is 1.42 bits per heavy atom. The molecular weight excluding hydrogens is 264 g/mol. The molecule has 5 nitrogen and oxygen atoms in total. The molecule has 100 valence electrons. The minimum Gasteiger partial charge on any atom is -0.497 e. The van der Waals surface area contributed by atoms with Crippen molar-refractivity contribution < 1.29 is 14.6 Å². The van der Waals surface area contributed by atoms with Crippen molar-refractivity contribution in [3.8, 4) is 5.75 Å². The number of nitrogens with two attached hydrogens (primary N) is 1. The van der Waals surface area contributed by atoms with E-state index in [2.05, 4.69) is 5.32 Å². The standard InChI is InChI=1S/C13H14N2O3S/c1-18-9-4-2-8(3-5-9)15-7-10-6-11(13(16)17)12(14)19-10/h2-6,15H,7,14H2,1H3,(H,16,17). The molecule has 0 atom stereocenters. The molecule has 0 unspecified atom stereocenters. The summed E-state index contributed by atoms with van der Waals surface area (Å²) in [6.45, 7) is 0.536. The molecule has 0 bridgehead atoms. The van der Waals surface area contributed by atoms with Crippen LogP contribution in [0.25, 0.3) is 0 Å². The van der Waals surface area contributed by atoms with Gasteiger partial charge in [0.2, 0.25) is 0 Å². The Labute approximate surface area is 114 Å². The van der Waals surface area contributed by atoms with Crippen LogP contribution in [0.2, 0.25) is 0 Å². The number of hydrogen-bond acceptors (Lipinski definition) is 5. The minimum atomic E-state index is -0.996. The van der Waals surface area contributed by atoms with Crippen LogP contribution in [0.3, 0.4) is 0 Å². The number of thiophene rings is 1. The highest BCUT2D eigenvalue weighted by molar-refractivity contribution is 7.16. The maximum absolute atomic E-state index is 10.9. The first-order valence-electron chi connectivity index (χ1n) is 5.59. The second kappa shape index (κ2) is 5.62. The lowest BCUT2D eigenvalue weighted by Crippen LogP contribution is -1.98. The molecule has 0 radical (unpaired) electrons. The van der Waals surface area contributed by atoms with Crippen molar-refractivity contribution in [2.75, 3.05) is 18.2 Å². The lowest BCUT2D eigenvalue weighted by atomic mass is 10.2. The molecule has 0 saturated carbocycles. The normalized spacial score (nSPS) is 10.2. The summed E-state index contributed by atoms with van der Waals surface area (Å²) in [5.41, 5.74) is 6.74. The van der Waals surface area contributed by atoms with Crippen molar-refractivity contribution >= 4 is 28.0 Å². The monoisotopic (exact) mass is 278 g/mol. The molecule has 2 aromatic rings.